The summed E-state index contributed by atoms with van der Waals surface area (Å²) in [7, 11) is 1.63. The number of carbonyl (C=O) groups excluding carboxylic acids is 2. The Hall–Kier alpha value is -4.35. The Morgan fingerprint density at radius 2 is 1.77 bits per heavy atom. The number of benzene rings is 3. The van der Waals surface area contributed by atoms with E-state index in [1.807, 2.05) is 0 Å². The molecule has 178 valence electrons. The number of amides is 3. The lowest BCUT2D eigenvalue weighted by molar-refractivity contribution is -0.118. The van der Waals surface area contributed by atoms with Gasteiger partial charge in [0.05, 0.1) is 12.2 Å². The van der Waals surface area contributed by atoms with Crippen LogP contribution in [0.25, 0.3) is 0 Å². The van der Waals surface area contributed by atoms with Crippen molar-refractivity contribution in [1.82, 2.24) is 10.2 Å². The number of hydrogen-bond acceptors (Lipinski definition) is 3. The Kier molecular flexibility index (Phi) is 8.43. The van der Waals surface area contributed by atoms with Crippen molar-refractivity contribution < 1.29 is 14.0 Å². The first-order chi connectivity index (χ1) is 16.8. The Morgan fingerprint density at radius 1 is 1.09 bits per heavy atom. The van der Waals surface area contributed by atoms with Crippen LogP contribution in [0.15, 0.2) is 72.8 Å². The molecule has 0 fully saturated rings. The summed E-state index contributed by atoms with van der Waals surface area (Å²) in [6.45, 7) is 0.196. The van der Waals surface area contributed by atoms with E-state index in [1.165, 1.54) is 17.0 Å². The van der Waals surface area contributed by atoms with Crippen LogP contribution in [-0.4, -0.2) is 36.3 Å². The van der Waals surface area contributed by atoms with Crippen molar-refractivity contribution in [3.63, 3.8) is 0 Å². The van der Waals surface area contributed by atoms with Crippen LogP contribution < -0.4 is 16.0 Å². The molecule has 0 aliphatic rings. The van der Waals surface area contributed by atoms with Crippen LogP contribution in [0.5, 0.6) is 0 Å². The molecule has 3 amide bonds. The minimum Gasteiger partial charge on any atom is -0.349 e. The summed E-state index contributed by atoms with van der Waals surface area (Å²) in [6, 6.07) is 17.3. The maximum absolute atomic E-state index is 14.8. The van der Waals surface area contributed by atoms with Crippen LogP contribution in [0.3, 0.4) is 0 Å². The topological polar surface area (TPSA) is 97.3 Å². The van der Waals surface area contributed by atoms with Crippen LogP contribution in [0, 0.1) is 23.6 Å². The predicted molar refractivity (Wildman–Crippen MR) is 136 cm³/mol. The van der Waals surface area contributed by atoms with Crippen LogP contribution >= 0.6 is 11.6 Å². The summed E-state index contributed by atoms with van der Waals surface area (Å²) in [4.78, 5) is 27.2. The Labute approximate surface area is 207 Å². The second-order valence-electron chi connectivity index (χ2n) is 7.54. The Morgan fingerprint density at radius 3 is 2.40 bits per heavy atom. The SMILES string of the molecule is C#CCN(C)C(=N)c1ccc(NC(=O)C(NC(=O)Nc2ccc(Cl)cc2)c2ccccc2)c(F)c1. The molecule has 1 atom stereocenters. The fourth-order valence-electron chi connectivity index (χ4n) is 3.18. The molecular formula is C26H23ClFN5O2. The van der Waals surface area contributed by atoms with Gasteiger partial charge >= 0.3 is 6.03 Å². The van der Waals surface area contributed by atoms with E-state index >= 15 is 0 Å². The van der Waals surface area contributed by atoms with Gasteiger partial charge in [-0.2, -0.15) is 0 Å². The number of carbonyl (C=O) groups is 2. The normalized spacial score (nSPS) is 11.0. The molecule has 0 aromatic heterocycles. The number of halogens is 2. The van der Waals surface area contributed by atoms with Gasteiger partial charge < -0.3 is 20.9 Å². The van der Waals surface area contributed by atoms with Crippen molar-refractivity contribution in [2.75, 3.05) is 24.2 Å². The molecule has 3 aromatic carbocycles. The lowest BCUT2D eigenvalue weighted by Crippen LogP contribution is -2.39. The maximum atomic E-state index is 14.8. The summed E-state index contributed by atoms with van der Waals surface area (Å²) in [6.07, 6.45) is 5.26. The number of amidine groups is 1. The largest absolute Gasteiger partial charge is 0.349 e. The number of rotatable bonds is 7. The summed E-state index contributed by atoms with van der Waals surface area (Å²) >= 11 is 5.87. The van der Waals surface area contributed by atoms with Gasteiger partial charge in [0, 0.05) is 23.3 Å². The molecule has 0 spiro atoms. The van der Waals surface area contributed by atoms with Gasteiger partial charge in [-0.25, -0.2) is 9.18 Å². The van der Waals surface area contributed by atoms with Gasteiger partial charge in [0.15, 0.2) is 0 Å². The standard InChI is InChI=1S/C26H23ClFN5O2/c1-3-15-33(2)24(29)18-9-14-22(21(28)16-18)31-25(34)23(17-7-5-4-6-8-17)32-26(35)30-20-12-10-19(27)11-13-20/h1,4-14,16,23,29H,15H2,2H3,(H,31,34)(H2,30,32,35). The van der Waals surface area contributed by atoms with Gasteiger partial charge in [-0.05, 0) is 48.0 Å². The molecule has 0 heterocycles. The van der Waals surface area contributed by atoms with E-state index in [2.05, 4.69) is 21.9 Å². The van der Waals surface area contributed by atoms with Crippen LogP contribution in [0.1, 0.15) is 17.2 Å². The van der Waals surface area contributed by atoms with E-state index in [-0.39, 0.29) is 18.1 Å². The first-order valence-corrected chi connectivity index (χ1v) is 10.9. The fourth-order valence-corrected chi connectivity index (χ4v) is 3.31. The molecule has 1 unspecified atom stereocenters. The molecular weight excluding hydrogens is 469 g/mol. The molecule has 35 heavy (non-hydrogen) atoms. The minimum atomic E-state index is -1.11. The average Bonchev–Trinajstić information content (AvgIpc) is 2.85. The van der Waals surface area contributed by atoms with Crippen molar-refractivity contribution in [3.8, 4) is 12.3 Å². The molecule has 7 nitrogen and oxygen atoms in total. The van der Waals surface area contributed by atoms with E-state index < -0.39 is 23.8 Å². The maximum Gasteiger partial charge on any atom is 0.320 e. The number of nitrogens with zero attached hydrogens (tertiary/aromatic N) is 1. The van der Waals surface area contributed by atoms with Gasteiger partial charge in [-0.3, -0.25) is 10.2 Å². The van der Waals surface area contributed by atoms with E-state index in [0.29, 0.717) is 21.8 Å². The van der Waals surface area contributed by atoms with Gasteiger partial charge in [-0.1, -0.05) is 47.9 Å². The zero-order chi connectivity index (χ0) is 25.4. The molecule has 3 rings (SSSR count). The zero-order valence-electron chi connectivity index (χ0n) is 18.8. The molecule has 9 heteroatoms. The second kappa shape index (κ2) is 11.7. The lowest BCUT2D eigenvalue weighted by atomic mass is 10.1. The van der Waals surface area contributed by atoms with E-state index in [1.54, 1.807) is 61.6 Å². The summed E-state index contributed by atoms with van der Waals surface area (Å²) in [5, 5.41) is 16.4. The fraction of sp³-hybridized carbons (Fsp3) is 0.115. The van der Waals surface area contributed by atoms with Crippen LogP contribution in [0.4, 0.5) is 20.6 Å². The predicted octanol–water partition coefficient (Wildman–Crippen LogP) is 4.87. The van der Waals surface area contributed by atoms with Gasteiger partial charge in [0.25, 0.3) is 5.91 Å². The third-order valence-electron chi connectivity index (χ3n) is 4.98. The highest BCUT2D eigenvalue weighted by Crippen LogP contribution is 2.21. The molecule has 3 aromatic rings. The minimum absolute atomic E-state index is 0.0439. The molecule has 0 bridgehead atoms. The molecule has 0 aliphatic heterocycles. The average molecular weight is 492 g/mol. The van der Waals surface area contributed by atoms with Crippen molar-refractivity contribution in [1.29, 1.82) is 5.41 Å². The highest BCUT2D eigenvalue weighted by atomic mass is 35.5. The van der Waals surface area contributed by atoms with Crippen molar-refractivity contribution >= 4 is 40.7 Å². The summed E-state index contributed by atoms with van der Waals surface area (Å²) < 4.78 is 14.8. The first-order valence-electron chi connectivity index (χ1n) is 10.5. The number of nitrogens with one attached hydrogen (secondary N) is 4. The van der Waals surface area contributed by atoms with Crippen LogP contribution in [0.2, 0.25) is 5.02 Å². The number of urea groups is 1. The Bertz CT molecular complexity index is 1260. The first kappa shape index (κ1) is 25.3. The van der Waals surface area contributed by atoms with Gasteiger partial charge in [-0.15, -0.1) is 6.42 Å². The summed E-state index contributed by atoms with van der Waals surface area (Å²) in [5.41, 5.74) is 1.20. The number of terminal acetylenes is 1. The quantitative estimate of drug-likeness (QED) is 0.215. The highest BCUT2D eigenvalue weighted by molar-refractivity contribution is 6.30. The zero-order valence-corrected chi connectivity index (χ0v) is 19.6. The van der Waals surface area contributed by atoms with Gasteiger partial charge in [0.1, 0.15) is 17.7 Å². The second-order valence-corrected chi connectivity index (χ2v) is 7.98. The molecule has 0 saturated heterocycles. The van der Waals surface area contributed by atoms with Crippen LogP contribution in [-0.2, 0) is 4.79 Å². The number of hydrogen-bond donors (Lipinski definition) is 4. The van der Waals surface area contributed by atoms with E-state index in [9.17, 15) is 14.0 Å². The van der Waals surface area contributed by atoms with Gasteiger partial charge in [0.2, 0.25) is 0 Å². The molecule has 0 aliphatic carbocycles. The smallest absolute Gasteiger partial charge is 0.320 e. The Balaban J connectivity index is 1.77. The van der Waals surface area contributed by atoms with Crippen molar-refractivity contribution in [2.45, 2.75) is 6.04 Å². The van der Waals surface area contributed by atoms with Crippen molar-refractivity contribution in [2.24, 2.45) is 0 Å². The number of anilines is 2. The molecule has 4 N–H and O–H groups in total. The van der Waals surface area contributed by atoms with E-state index in [0.717, 1.165) is 6.07 Å². The third kappa shape index (κ3) is 6.82. The molecule has 0 saturated carbocycles. The van der Waals surface area contributed by atoms with Crippen molar-refractivity contribution in [3.05, 3.63) is 94.8 Å². The molecule has 0 radical (unpaired) electrons. The highest BCUT2D eigenvalue weighted by Gasteiger charge is 2.24. The monoisotopic (exact) mass is 491 g/mol. The summed E-state index contributed by atoms with van der Waals surface area (Å²) in [5.74, 6) is 1.09. The third-order valence-corrected chi connectivity index (χ3v) is 5.24. The lowest BCUT2D eigenvalue weighted by Gasteiger charge is -2.20. The van der Waals surface area contributed by atoms with E-state index in [4.69, 9.17) is 23.4 Å².